The van der Waals surface area contributed by atoms with Crippen molar-refractivity contribution in [2.75, 3.05) is 6.54 Å². The molecule has 2 N–H and O–H groups in total. The molecule has 1 heteroatoms. The van der Waals surface area contributed by atoms with Crippen LogP contribution in [0.3, 0.4) is 0 Å². The highest BCUT2D eigenvalue weighted by molar-refractivity contribution is 4.97. The molecule has 0 heterocycles. The molecule has 0 fully saturated rings. The van der Waals surface area contributed by atoms with Crippen LogP contribution in [-0.4, -0.2) is 6.54 Å². The lowest BCUT2D eigenvalue weighted by molar-refractivity contribution is 1.01. The summed E-state index contributed by atoms with van der Waals surface area (Å²) in [5, 5.41) is 0. The van der Waals surface area contributed by atoms with E-state index in [1.165, 1.54) is 0 Å². The maximum absolute atomic E-state index is 4.97. The Balaban J connectivity index is 0.000000180. The molecule has 0 aliphatic carbocycles. The van der Waals surface area contributed by atoms with E-state index in [2.05, 4.69) is 13.0 Å². The molecule has 0 aliphatic heterocycles. The van der Waals surface area contributed by atoms with Gasteiger partial charge < -0.3 is 5.73 Å². The van der Waals surface area contributed by atoms with Crippen LogP contribution in [0.25, 0.3) is 0 Å². The molecule has 0 amide bonds. The average Bonchev–Trinajstić information content (AvgIpc) is 2.08. The van der Waals surface area contributed by atoms with Crippen LogP contribution in [0.4, 0.5) is 0 Å². The quantitative estimate of drug-likeness (QED) is 0.622. The molecule has 0 saturated carbocycles. The highest BCUT2D eigenvalue weighted by Crippen LogP contribution is 1.78. The van der Waals surface area contributed by atoms with Crippen LogP contribution in [0.2, 0.25) is 0 Å². The Morgan fingerprint density at radius 1 is 1.20 bits per heavy atom. The van der Waals surface area contributed by atoms with Crippen molar-refractivity contribution in [1.82, 2.24) is 0 Å². The molecular formula is C9H13N. The van der Waals surface area contributed by atoms with Gasteiger partial charge in [-0.15, -0.1) is 0 Å². The zero-order chi connectivity index (χ0) is 7.66. The molecule has 0 bridgehead atoms. The molecule has 1 aromatic rings. The number of benzene rings is 1. The summed E-state index contributed by atoms with van der Waals surface area (Å²) in [7, 11) is 0. The lowest BCUT2D eigenvalue weighted by atomic mass is 10.4. The molecule has 0 unspecified atom stereocenters. The van der Waals surface area contributed by atoms with E-state index >= 15 is 0 Å². The van der Waals surface area contributed by atoms with Crippen LogP contribution >= 0.6 is 0 Å². The molecule has 54 valence electrons. The normalized spacial score (nSPS) is 7.80. The Morgan fingerprint density at radius 2 is 1.70 bits per heavy atom. The summed E-state index contributed by atoms with van der Waals surface area (Å²) in [6, 6.07) is 12.5. The zero-order valence-electron chi connectivity index (χ0n) is 6.09. The summed E-state index contributed by atoms with van der Waals surface area (Å²) in [5.74, 6) is 0. The van der Waals surface area contributed by atoms with Crippen LogP contribution in [0, 0.1) is 13.0 Å². The van der Waals surface area contributed by atoms with E-state index in [0.29, 0.717) is 6.54 Å². The summed E-state index contributed by atoms with van der Waals surface area (Å²) < 4.78 is 0. The molecule has 0 aliphatic rings. The fourth-order valence-electron chi connectivity index (χ4n) is 0.342. The third kappa shape index (κ3) is 7.18. The van der Waals surface area contributed by atoms with Gasteiger partial charge in [-0.2, -0.15) is 0 Å². The van der Waals surface area contributed by atoms with Crippen LogP contribution in [-0.2, 0) is 0 Å². The van der Waals surface area contributed by atoms with Crippen molar-refractivity contribution in [3.05, 3.63) is 43.3 Å². The molecule has 1 rings (SSSR count). The van der Waals surface area contributed by atoms with Crippen molar-refractivity contribution in [2.45, 2.75) is 6.42 Å². The van der Waals surface area contributed by atoms with Gasteiger partial charge in [0.15, 0.2) is 0 Å². The van der Waals surface area contributed by atoms with Crippen molar-refractivity contribution < 1.29 is 0 Å². The van der Waals surface area contributed by atoms with E-state index < -0.39 is 0 Å². The Labute approximate surface area is 62.9 Å². The monoisotopic (exact) mass is 135 g/mol. The Morgan fingerprint density at radius 3 is 1.80 bits per heavy atom. The van der Waals surface area contributed by atoms with Crippen molar-refractivity contribution in [3.63, 3.8) is 0 Å². The van der Waals surface area contributed by atoms with Crippen molar-refractivity contribution in [3.8, 4) is 0 Å². The predicted octanol–water partition coefficient (Wildman–Crippen LogP) is 1.66. The van der Waals surface area contributed by atoms with Crippen molar-refractivity contribution >= 4 is 0 Å². The first-order valence-electron chi connectivity index (χ1n) is 3.32. The molecule has 1 nitrogen and oxygen atoms in total. The van der Waals surface area contributed by atoms with Gasteiger partial charge >= 0.3 is 0 Å². The van der Waals surface area contributed by atoms with Crippen molar-refractivity contribution in [1.29, 1.82) is 0 Å². The summed E-state index contributed by atoms with van der Waals surface area (Å²) >= 11 is 0. The molecule has 0 spiro atoms. The van der Waals surface area contributed by atoms with E-state index in [-0.39, 0.29) is 0 Å². The minimum atomic E-state index is 0.708. The first-order valence-corrected chi connectivity index (χ1v) is 3.32. The standard InChI is InChI=1S/C6H5.C3H8N/c1-2-4-6-5-3-1;1-2-3-4/h1-5H;1-4H2. The molecule has 10 heavy (non-hydrogen) atoms. The topological polar surface area (TPSA) is 26.0 Å². The first-order chi connectivity index (χ1) is 4.91. The second kappa shape index (κ2) is 8.18. The Bertz CT molecular complexity index is 96.7. The molecule has 2 radical (unpaired) electrons. The third-order valence-corrected chi connectivity index (χ3v) is 0.811. The highest BCUT2D eigenvalue weighted by atomic mass is 14.5. The lowest BCUT2D eigenvalue weighted by Crippen LogP contribution is -1.93. The second-order valence-corrected chi connectivity index (χ2v) is 1.72. The SMILES string of the molecule is [CH2]CCN.[c]1ccccc1. The Kier molecular flexibility index (Phi) is 7.51. The van der Waals surface area contributed by atoms with Gasteiger partial charge in [-0.25, -0.2) is 0 Å². The molecule has 0 atom stereocenters. The zero-order valence-corrected chi connectivity index (χ0v) is 6.09. The number of hydrogen-bond acceptors (Lipinski definition) is 1. The van der Waals surface area contributed by atoms with Gasteiger partial charge in [0, 0.05) is 0 Å². The van der Waals surface area contributed by atoms with E-state index in [4.69, 9.17) is 5.73 Å². The lowest BCUT2D eigenvalue weighted by Gasteiger charge is -1.70. The minimum Gasteiger partial charge on any atom is -0.330 e. The Hall–Kier alpha value is -0.820. The minimum absolute atomic E-state index is 0.708. The second-order valence-electron chi connectivity index (χ2n) is 1.72. The van der Waals surface area contributed by atoms with Crippen LogP contribution in [0.15, 0.2) is 30.3 Å². The van der Waals surface area contributed by atoms with Gasteiger partial charge in [-0.05, 0) is 19.0 Å². The van der Waals surface area contributed by atoms with E-state index in [1.54, 1.807) is 0 Å². The molecule has 1 aromatic carbocycles. The molecule has 0 aromatic heterocycles. The summed E-state index contributed by atoms with van der Waals surface area (Å²) in [4.78, 5) is 0. The first kappa shape index (κ1) is 9.18. The smallest absolute Gasteiger partial charge is 0.00773 e. The van der Waals surface area contributed by atoms with E-state index in [9.17, 15) is 0 Å². The number of hydrogen-bond donors (Lipinski definition) is 1. The van der Waals surface area contributed by atoms with Gasteiger partial charge in [-0.1, -0.05) is 37.3 Å². The van der Waals surface area contributed by atoms with Crippen LogP contribution in [0.1, 0.15) is 6.42 Å². The largest absolute Gasteiger partial charge is 0.330 e. The average molecular weight is 135 g/mol. The maximum atomic E-state index is 4.97. The summed E-state index contributed by atoms with van der Waals surface area (Å²) in [5.41, 5.74) is 4.97. The fourth-order valence-corrected chi connectivity index (χ4v) is 0.342. The number of nitrogens with two attached hydrogens (primary N) is 1. The van der Waals surface area contributed by atoms with Gasteiger partial charge in [0.1, 0.15) is 0 Å². The highest BCUT2D eigenvalue weighted by Gasteiger charge is 1.58. The van der Waals surface area contributed by atoms with Crippen LogP contribution in [0.5, 0.6) is 0 Å². The van der Waals surface area contributed by atoms with Gasteiger partial charge in [0.2, 0.25) is 0 Å². The molecule has 0 saturated heterocycles. The van der Waals surface area contributed by atoms with Crippen molar-refractivity contribution in [2.24, 2.45) is 5.73 Å². The van der Waals surface area contributed by atoms with Gasteiger partial charge in [-0.3, -0.25) is 0 Å². The van der Waals surface area contributed by atoms with E-state index in [1.807, 2.05) is 30.3 Å². The number of rotatable bonds is 1. The summed E-state index contributed by atoms with van der Waals surface area (Å²) in [6.07, 6.45) is 0.847. The summed E-state index contributed by atoms with van der Waals surface area (Å²) in [6.45, 7) is 4.19. The predicted molar refractivity (Wildman–Crippen MR) is 44.3 cm³/mol. The maximum Gasteiger partial charge on any atom is -0.00773 e. The van der Waals surface area contributed by atoms with Gasteiger partial charge in [0.25, 0.3) is 0 Å². The van der Waals surface area contributed by atoms with Crippen LogP contribution < -0.4 is 5.73 Å². The van der Waals surface area contributed by atoms with Gasteiger partial charge in [0.05, 0.1) is 0 Å². The van der Waals surface area contributed by atoms with E-state index in [0.717, 1.165) is 6.42 Å². The fraction of sp³-hybridized carbons (Fsp3) is 0.222. The third-order valence-electron chi connectivity index (χ3n) is 0.811. The molecular weight excluding hydrogens is 122 g/mol.